The monoisotopic (exact) mass is 212 g/mol. The Labute approximate surface area is 95.0 Å². The first kappa shape index (κ1) is 13.0. The number of nitrogens with two attached hydrogens (primary N) is 1. The smallest absolute Gasteiger partial charge is 0.0153 e. The van der Waals surface area contributed by atoms with Gasteiger partial charge in [0, 0.05) is 5.54 Å². The predicted octanol–water partition coefficient (Wildman–Crippen LogP) is 2.53. The molecule has 0 aliphatic heterocycles. The summed E-state index contributed by atoms with van der Waals surface area (Å²) in [5, 5.41) is 3.75. The van der Waals surface area contributed by atoms with Crippen molar-refractivity contribution < 1.29 is 0 Å². The molecule has 0 spiro atoms. The first-order chi connectivity index (χ1) is 7.07. The summed E-state index contributed by atoms with van der Waals surface area (Å²) in [6.45, 7) is 8.80. The average molecular weight is 212 g/mol. The Morgan fingerprint density at radius 3 is 2.27 bits per heavy atom. The third-order valence-electron chi connectivity index (χ3n) is 3.99. The van der Waals surface area contributed by atoms with Gasteiger partial charge in [-0.2, -0.15) is 0 Å². The van der Waals surface area contributed by atoms with E-state index < -0.39 is 0 Å². The fourth-order valence-electron chi connectivity index (χ4n) is 2.48. The minimum absolute atomic E-state index is 0.389. The summed E-state index contributed by atoms with van der Waals surface area (Å²) in [6.07, 6.45) is 6.86. The second-order valence-corrected chi connectivity index (χ2v) is 5.74. The maximum atomic E-state index is 5.79. The van der Waals surface area contributed by atoms with E-state index in [1.165, 1.54) is 32.1 Å². The van der Waals surface area contributed by atoms with Crippen molar-refractivity contribution in [3.63, 3.8) is 0 Å². The summed E-state index contributed by atoms with van der Waals surface area (Å²) >= 11 is 0. The van der Waals surface area contributed by atoms with Gasteiger partial charge in [-0.05, 0) is 44.7 Å². The molecule has 0 aromatic carbocycles. The second kappa shape index (κ2) is 5.86. The molecule has 0 aromatic rings. The van der Waals surface area contributed by atoms with Crippen LogP contribution in [-0.2, 0) is 0 Å². The molecule has 90 valence electrons. The first-order valence-corrected chi connectivity index (χ1v) is 6.52. The fraction of sp³-hybridized carbons (Fsp3) is 1.00. The molecule has 1 rings (SSSR count). The third kappa shape index (κ3) is 4.12. The van der Waals surface area contributed by atoms with Gasteiger partial charge in [0.25, 0.3) is 0 Å². The van der Waals surface area contributed by atoms with Gasteiger partial charge in [0.15, 0.2) is 0 Å². The molecule has 1 fully saturated rings. The lowest BCUT2D eigenvalue weighted by atomic mass is 9.82. The molecule has 1 aliphatic rings. The summed E-state index contributed by atoms with van der Waals surface area (Å²) in [4.78, 5) is 0. The van der Waals surface area contributed by atoms with E-state index in [0.717, 1.165) is 13.1 Å². The van der Waals surface area contributed by atoms with Crippen molar-refractivity contribution in [1.82, 2.24) is 5.32 Å². The molecule has 2 nitrogen and oxygen atoms in total. The van der Waals surface area contributed by atoms with Crippen LogP contribution in [0, 0.1) is 11.8 Å². The van der Waals surface area contributed by atoms with Crippen LogP contribution in [0.5, 0.6) is 0 Å². The van der Waals surface area contributed by atoms with Crippen LogP contribution in [0.25, 0.3) is 0 Å². The van der Waals surface area contributed by atoms with Crippen molar-refractivity contribution in [2.45, 2.75) is 58.4 Å². The van der Waals surface area contributed by atoms with Crippen molar-refractivity contribution in [1.29, 1.82) is 0 Å². The quantitative estimate of drug-likeness (QED) is 0.735. The van der Waals surface area contributed by atoms with E-state index in [1.807, 2.05) is 0 Å². The molecule has 2 heteroatoms. The third-order valence-corrected chi connectivity index (χ3v) is 3.99. The Hall–Kier alpha value is -0.0800. The zero-order valence-corrected chi connectivity index (χ0v) is 10.7. The molecule has 1 atom stereocenters. The van der Waals surface area contributed by atoms with Crippen LogP contribution in [-0.4, -0.2) is 18.6 Å². The number of nitrogens with one attached hydrogen (secondary N) is 1. The molecule has 0 bridgehead atoms. The molecule has 15 heavy (non-hydrogen) atoms. The standard InChI is InChI=1S/C13H28N2/c1-11(2)12(9-14)10-15-13(3)7-5-4-6-8-13/h11-12,15H,4-10,14H2,1-3H3. The van der Waals surface area contributed by atoms with Crippen LogP contribution in [0.2, 0.25) is 0 Å². The Kier molecular flexibility index (Phi) is 5.07. The average Bonchev–Trinajstić information content (AvgIpc) is 2.19. The molecular formula is C13H28N2. The summed E-state index contributed by atoms with van der Waals surface area (Å²) in [6, 6.07) is 0. The second-order valence-electron chi connectivity index (χ2n) is 5.74. The lowest BCUT2D eigenvalue weighted by Gasteiger charge is -2.36. The highest BCUT2D eigenvalue weighted by molar-refractivity contribution is 4.87. The van der Waals surface area contributed by atoms with Crippen LogP contribution in [0.15, 0.2) is 0 Å². The van der Waals surface area contributed by atoms with Gasteiger partial charge in [-0.1, -0.05) is 33.1 Å². The number of hydrogen-bond acceptors (Lipinski definition) is 2. The SMILES string of the molecule is CC(C)C(CN)CNC1(C)CCCCC1. The van der Waals surface area contributed by atoms with Gasteiger partial charge in [0.1, 0.15) is 0 Å². The van der Waals surface area contributed by atoms with E-state index in [1.54, 1.807) is 0 Å². The summed E-state index contributed by atoms with van der Waals surface area (Å²) in [5.41, 5.74) is 6.18. The largest absolute Gasteiger partial charge is 0.330 e. The fourth-order valence-corrected chi connectivity index (χ4v) is 2.48. The summed E-state index contributed by atoms with van der Waals surface area (Å²) in [5.74, 6) is 1.32. The van der Waals surface area contributed by atoms with Crippen LogP contribution < -0.4 is 11.1 Å². The topological polar surface area (TPSA) is 38.0 Å². The molecule has 0 heterocycles. The summed E-state index contributed by atoms with van der Waals surface area (Å²) < 4.78 is 0. The maximum Gasteiger partial charge on any atom is 0.0153 e. The van der Waals surface area contributed by atoms with Crippen molar-refractivity contribution >= 4 is 0 Å². The van der Waals surface area contributed by atoms with E-state index in [4.69, 9.17) is 5.73 Å². The van der Waals surface area contributed by atoms with Gasteiger partial charge < -0.3 is 11.1 Å². The lowest BCUT2D eigenvalue weighted by Crippen LogP contribution is -2.47. The van der Waals surface area contributed by atoms with Gasteiger partial charge in [0.2, 0.25) is 0 Å². The van der Waals surface area contributed by atoms with E-state index in [-0.39, 0.29) is 0 Å². The molecule has 1 aliphatic carbocycles. The Bertz CT molecular complexity index is 171. The Morgan fingerprint density at radius 2 is 1.80 bits per heavy atom. The lowest BCUT2D eigenvalue weighted by molar-refractivity contribution is 0.228. The zero-order chi connectivity index (χ0) is 11.3. The van der Waals surface area contributed by atoms with Gasteiger partial charge in [-0.3, -0.25) is 0 Å². The molecule has 1 saturated carbocycles. The molecule has 0 amide bonds. The van der Waals surface area contributed by atoms with Gasteiger partial charge >= 0.3 is 0 Å². The molecule has 0 aromatic heterocycles. The highest BCUT2D eigenvalue weighted by Gasteiger charge is 2.27. The molecule has 0 saturated heterocycles. The van der Waals surface area contributed by atoms with E-state index in [2.05, 4.69) is 26.1 Å². The van der Waals surface area contributed by atoms with Gasteiger partial charge in [0.05, 0.1) is 0 Å². The molecule has 3 N–H and O–H groups in total. The minimum atomic E-state index is 0.389. The van der Waals surface area contributed by atoms with E-state index in [9.17, 15) is 0 Å². The van der Waals surface area contributed by atoms with Crippen molar-refractivity contribution in [2.75, 3.05) is 13.1 Å². The van der Waals surface area contributed by atoms with Crippen molar-refractivity contribution in [3.05, 3.63) is 0 Å². The molecule has 0 radical (unpaired) electrons. The van der Waals surface area contributed by atoms with Gasteiger partial charge in [-0.25, -0.2) is 0 Å². The van der Waals surface area contributed by atoms with Crippen LogP contribution in [0.3, 0.4) is 0 Å². The number of rotatable bonds is 5. The summed E-state index contributed by atoms with van der Waals surface area (Å²) in [7, 11) is 0. The van der Waals surface area contributed by atoms with Crippen molar-refractivity contribution in [2.24, 2.45) is 17.6 Å². The van der Waals surface area contributed by atoms with Crippen LogP contribution in [0.1, 0.15) is 52.9 Å². The zero-order valence-electron chi connectivity index (χ0n) is 10.7. The predicted molar refractivity (Wildman–Crippen MR) is 66.9 cm³/mol. The van der Waals surface area contributed by atoms with Crippen LogP contribution >= 0.6 is 0 Å². The maximum absolute atomic E-state index is 5.79. The van der Waals surface area contributed by atoms with Crippen molar-refractivity contribution in [3.8, 4) is 0 Å². The molecule has 1 unspecified atom stereocenters. The highest BCUT2D eigenvalue weighted by atomic mass is 15.0. The first-order valence-electron chi connectivity index (χ1n) is 6.52. The molecular weight excluding hydrogens is 184 g/mol. The van der Waals surface area contributed by atoms with Gasteiger partial charge in [-0.15, -0.1) is 0 Å². The Balaban J connectivity index is 2.33. The normalized spacial score (nSPS) is 23.0. The Morgan fingerprint density at radius 1 is 1.20 bits per heavy atom. The highest BCUT2D eigenvalue weighted by Crippen LogP contribution is 2.27. The van der Waals surface area contributed by atoms with E-state index >= 15 is 0 Å². The minimum Gasteiger partial charge on any atom is -0.330 e. The van der Waals surface area contributed by atoms with E-state index in [0.29, 0.717) is 17.4 Å². The number of hydrogen-bond donors (Lipinski definition) is 2. The van der Waals surface area contributed by atoms with Crippen LogP contribution in [0.4, 0.5) is 0 Å².